The van der Waals surface area contributed by atoms with Gasteiger partial charge in [0.25, 0.3) is 16.1 Å². The van der Waals surface area contributed by atoms with Crippen molar-refractivity contribution in [1.29, 1.82) is 0 Å². The first-order valence-electron chi connectivity index (χ1n) is 8.47. The number of amides is 1. The highest BCUT2D eigenvalue weighted by Gasteiger charge is 2.35. The van der Waals surface area contributed by atoms with Gasteiger partial charge in [-0.05, 0) is 12.5 Å². The van der Waals surface area contributed by atoms with Crippen molar-refractivity contribution in [2.75, 3.05) is 31.5 Å². The predicted molar refractivity (Wildman–Crippen MR) is 99.4 cm³/mol. The number of carbonyl (C=O) groups excluding carboxylic acids is 1. The second kappa shape index (κ2) is 7.82. The van der Waals surface area contributed by atoms with Gasteiger partial charge in [0.2, 0.25) is 0 Å². The zero-order valence-electron chi connectivity index (χ0n) is 14.7. The van der Waals surface area contributed by atoms with Crippen molar-refractivity contribution in [3.8, 4) is 0 Å². The SMILES string of the molecule is CCN(CC)S(=O)(=O)N1CC[C@H](c2cc(C(=O)Nc3nccs3)n[nH]2)C1. The molecule has 11 heteroatoms. The van der Waals surface area contributed by atoms with Crippen molar-refractivity contribution in [3.63, 3.8) is 0 Å². The molecule has 0 spiro atoms. The van der Waals surface area contributed by atoms with Gasteiger partial charge in [-0.1, -0.05) is 13.8 Å². The fraction of sp³-hybridized carbons (Fsp3) is 0.533. The number of carbonyl (C=O) groups is 1. The molecule has 1 aliphatic rings. The van der Waals surface area contributed by atoms with E-state index >= 15 is 0 Å². The Bertz CT molecular complexity index is 845. The summed E-state index contributed by atoms with van der Waals surface area (Å²) in [6.07, 6.45) is 2.30. The average Bonchev–Trinajstić information content (AvgIpc) is 3.36. The molecule has 2 aromatic heterocycles. The van der Waals surface area contributed by atoms with E-state index in [1.165, 1.54) is 19.9 Å². The normalized spacial score (nSPS) is 18.5. The molecule has 1 saturated heterocycles. The first-order valence-corrected chi connectivity index (χ1v) is 10.7. The summed E-state index contributed by atoms with van der Waals surface area (Å²) in [6, 6.07) is 1.68. The molecular formula is C15H22N6O3S2. The van der Waals surface area contributed by atoms with E-state index in [4.69, 9.17) is 0 Å². The third-order valence-corrected chi connectivity index (χ3v) is 7.27. The fourth-order valence-corrected chi connectivity index (χ4v) is 5.22. The summed E-state index contributed by atoms with van der Waals surface area (Å²) in [5.74, 6) is -0.345. The summed E-state index contributed by atoms with van der Waals surface area (Å²) in [7, 11) is -3.44. The van der Waals surface area contributed by atoms with Gasteiger partial charge in [0, 0.05) is 49.4 Å². The predicted octanol–water partition coefficient (Wildman–Crippen LogP) is 1.49. The molecule has 3 rings (SSSR count). The number of H-pyrrole nitrogens is 1. The van der Waals surface area contributed by atoms with Gasteiger partial charge in [-0.25, -0.2) is 4.98 Å². The van der Waals surface area contributed by atoms with Crippen molar-refractivity contribution in [3.05, 3.63) is 29.0 Å². The Hall–Kier alpha value is -1.82. The van der Waals surface area contributed by atoms with Crippen molar-refractivity contribution in [1.82, 2.24) is 23.8 Å². The van der Waals surface area contributed by atoms with Crippen molar-refractivity contribution in [2.45, 2.75) is 26.2 Å². The van der Waals surface area contributed by atoms with Crippen LogP contribution in [0.15, 0.2) is 17.6 Å². The molecule has 2 N–H and O–H groups in total. The van der Waals surface area contributed by atoms with Gasteiger partial charge in [-0.2, -0.15) is 22.1 Å². The van der Waals surface area contributed by atoms with E-state index in [-0.39, 0.29) is 17.5 Å². The van der Waals surface area contributed by atoms with Crippen LogP contribution in [0, 0.1) is 0 Å². The van der Waals surface area contributed by atoms with E-state index in [0.29, 0.717) is 37.7 Å². The minimum absolute atomic E-state index is 0.00532. The lowest BCUT2D eigenvalue weighted by atomic mass is 10.1. The van der Waals surface area contributed by atoms with Gasteiger partial charge in [-0.15, -0.1) is 11.3 Å². The van der Waals surface area contributed by atoms with E-state index < -0.39 is 10.2 Å². The molecule has 0 bridgehead atoms. The summed E-state index contributed by atoms with van der Waals surface area (Å²) in [6.45, 7) is 5.40. The van der Waals surface area contributed by atoms with E-state index in [1.54, 1.807) is 17.6 Å². The molecule has 0 unspecified atom stereocenters. The molecule has 0 radical (unpaired) electrons. The largest absolute Gasteiger partial charge is 0.296 e. The van der Waals surface area contributed by atoms with Gasteiger partial charge < -0.3 is 0 Å². The number of anilines is 1. The summed E-state index contributed by atoms with van der Waals surface area (Å²) >= 11 is 1.33. The van der Waals surface area contributed by atoms with Gasteiger partial charge in [0.1, 0.15) is 0 Å². The Morgan fingerprint density at radius 1 is 1.46 bits per heavy atom. The molecule has 1 atom stereocenters. The minimum Gasteiger partial charge on any atom is -0.296 e. The Balaban J connectivity index is 1.66. The van der Waals surface area contributed by atoms with Crippen LogP contribution in [0.25, 0.3) is 0 Å². The van der Waals surface area contributed by atoms with Crippen LogP contribution in [0.3, 0.4) is 0 Å². The van der Waals surface area contributed by atoms with Crippen LogP contribution in [-0.2, 0) is 10.2 Å². The Morgan fingerprint density at radius 3 is 2.88 bits per heavy atom. The van der Waals surface area contributed by atoms with Crippen molar-refractivity contribution < 1.29 is 13.2 Å². The molecule has 26 heavy (non-hydrogen) atoms. The Labute approximate surface area is 156 Å². The second-order valence-corrected chi connectivity index (χ2v) is 8.76. The quantitative estimate of drug-likeness (QED) is 0.734. The van der Waals surface area contributed by atoms with E-state index in [9.17, 15) is 13.2 Å². The maximum atomic E-state index is 12.6. The summed E-state index contributed by atoms with van der Waals surface area (Å²) in [5.41, 5.74) is 1.03. The van der Waals surface area contributed by atoms with Gasteiger partial charge in [0.15, 0.2) is 10.8 Å². The maximum absolute atomic E-state index is 12.6. The Kier molecular flexibility index (Phi) is 5.70. The number of nitrogens with one attached hydrogen (secondary N) is 2. The zero-order chi connectivity index (χ0) is 18.7. The number of hydrogen-bond donors (Lipinski definition) is 2. The number of hydrogen-bond acceptors (Lipinski definition) is 6. The second-order valence-electron chi connectivity index (χ2n) is 5.94. The van der Waals surface area contributed by atoms with Crippen LogP contribution in [0.1, 0.15) is 42.4 Å². The molecule has 1 fully saturated rings. The first-order chi connectivity index (χ1) is 12.5. The van der Waals surface area contributed by atoms with Crippen molar-refractivity contribution >= 4 is 32.6 Å². The zero-order valence-corrected chi connectivity index (χ0v) is 16.3. The smallest absolute Gasteiger partial charge is 0.281 e. The van der Waals surface area contributed by atoms with Crippen LogP contribution < -0.4 is 5.32 Å². The summed E-state index contributed by atoms with van der Waals surface area (Å²) in [4.78, 5) is 16.2. The number of thiazole rings is 1. The topological polar surface area (TPSA) is 111 Å². The molecular weight excluding hydrogens is 376 g/mol. The highest BCUT2D eigenvalue weighted by Crippen LogP contribution is 2.29. The summed E-state index contributed by atoms with van der Waals surface area (Å²) in [5, 5.41) is 11.9. The maximum Gasteiger partial charge on any atom is 0.281 e. The standard InChI is InChI=1S/C15H22N6O3S2/c1-3-20(4-2)26(23,24)21-7-5-11(10-21)12-9-13(19-18-12)14(22)17-15-16-6-8-25-15/h6,8-9,11H,3-5,7,10H2,1-2H3,(H,18,19)(H,16,17,22)/t11-/m0/s1. The van der Waals surface area contributed by atoms with Crippen LogP contribution >= 0.6 is 11.3 Å². The molecule has 0 aliphatic carbocycles. The molecule has 142 valence electrons. The lowest BCUT2D eigenvalue weighted by Crippen LogP contribution is -2.42. The van der Waals surface area contributed by atoms with Gasteiger partial charge >= 0.3 is 0 Å². The van der Waals surface area contributed by atoms with E-state index in [0.717, 1.165) is 5.69 Å². The average molecular weight is 399 g/mol. The van der Waals surface area contributed by atoms with Gasteiger partial charge in [0.05, 0.1) is 0 Å². The molecule has 1 aliphatic heterocycles. The lowest BCUT2D eigenvalue weighted by Gasteiger charge is -2.25. The van der Waals surface area contributed by atoms with Gasteiger partial charge in [-0.3, -0.25) is 15.2 Å². The minimum atomic E-state index is -3.44. The van der Waals surface area contributed by atoms with E-state index in [2.05, 4.69) is 20.5 Å². The number of rotatable bonds is 7. The summed E-state index contributed by atoms with van der Waals surface area (Å²) < 4.78 is 28.2. The molecule has 2 aromatic rings. The van der Waals surface area contributed by atoms with Crippen LogP contribution in [0.5, 0.6) is 0 Å². The molecule has 0 aromatic carbocycles. The number of aromatic amines is 1. The first kappa shape index (κ1) is 19.0. The monoisotopic (exact) mass is 398 g/mol. The third-order valence-electron chi connectivity index (χ3n) is 4.43. The number of aromatic nitrogens is 3. The molecule has 3 heterocycles. The van der Waals surface area contributed by atoms with Crippen LogP contribution in [0.2, 0.25) is 0 Å². The highest BCUT2D eigenvalue weighted by molar-refractivity contribution is 7.86. The van der Waals surface area contributed by atoms with Crippen LogP contribution in [-0.4, -0.2) is 64.3 Å². The van der Waals surface area contributed by atoms with Crippen molar-refractivity contribution in [2.24, 2.45) is 0 Å². The highest BCUT2D eigenvalue weighted by atomic mass is 32.2. The van der Waals surface area contributed by atoms with E-state index in [1.807, 2.05) is 13.8 Å². The fourth-order valence-electron chi connectivity index (χ4n) is 3.01. The van der Waals surface area contributed by atoms with Crippen LogP contribution in [0.4, 0.5) is 5.13 Å². The third kappa shape index (κ3) is 3.80. The molecule has 9 nitrogen and oxygen atoms in total. The molecule has 1 amide bonds. The Morgan fingerprint density at radius 2 is 2.23 bits per heavy atom. The number of nitrogens with zero attached hydrogens (tertiary/aromatic N) is 4. The lowest BCUT2D eigenvalue weighted by molar-refractivity contribution is 0.102. The molecule has 0 saturated carbocycles.